The number of hydrogen-bond donors (Lipinski definition) is 6. The second kappa shape index (κ2) is 14.4. The minimum absolute atomic E-state index is 0.0180. The molecule has 4 rings (SSSR count). The normalized spacial score (nSPS) is 22.1. The lowest BCUT2D eigenvalue weighted by molar-refractivity contribution is -0.0490. The second-order valence-electron chi connectivity index (χ2n) is 9.20. The highest BCUT2D eigenvalue weighted by atomic mass is 33.1. The molecule has 1 aliphatic heterocycles. The van der Waals surface area contributed by atoms with E-state index in [-0.39, 0.29) is 34.3 Å². The average Bonchev–Trinajstić information content (AvgIpc) is 3.52. The molecule has 0 amide bonds. The van der Waals surface area contributed by atoms with Gasteiger partial charge in [-0.25, -0.2) is 23.5 Å². The molecule has 1 aromatic carbocycles. The van der Waals surface area contributed by atoms with Crippen LogP contribution < -0.4 is 11.3 Å². The maximum Gasteiger partial charge on any atom is 0.490 e. The van der Waals surface area contributed by atoms with Crippen molar-refractivity contribution in [1.29, 1.82) is 0 Å². The first-order chi connectivity index (χ1) is 21.0. The van der Waals surface area contributed by atoms with Gasteiger partial charge in [0, 0.05) is 17.4 Å². The van der Waals surface area contributed by atoms with Crippen LogP contribution in [-0.4, -0.2) is 69.6 Å². The minimum Gasteiger partial charge on any atom is -0.456 e. The fourth-order valence-electron chi connectivity index (χ4n) is 4.23. The zero-order valence-corrected chi connectivity index (χ0v) is 27.6. The molecule has 1 fully saturated rings. The van der Waals surface area contributed by atoms with E-state index >= 15 is 0 Å². The van der Waals surface area contributed by atoms with E-state index in [2.05, 4.69) is 23.6 Å². The predicted molar refractivity (Wildman–Crippen MR) is 161 cm³/mol. The standard InChI is InChI=1S/C21H28N5O14P3S2/c1-3-44-45-11(2)12-6-4-5-7-13(12)20(28)38-14-8-16(26-10-23-17-18(26)24-21(22)25-19(17)27)37-15(14)9-36-42(32,33)40-43(34,35)39-41(29,30)31/h4-7,10-11,14-16H,3,8-9H2,1-2H3,(H,32,33)(H,34,35)(H2,29,30,31)(H3,22,24,25,27)/t11?,14-,15?,16-/m1/s1. The van der Waals surface area contributed by atoms with E-state index in [1.807, 2.05) is 13.8 Å². The Bertz CT molecular complexity index is 1750. The first-order valence-electron chi connectivity index (χ1n) is 12.7. The zero-order chi connectivity index (χ0) is 33.2. The molecule has 19 nitrogen and oxygen atoms in total. The summed E-state index contributed by atoms with van der Waals surface area (Å²) in [4.78, 5) is 73.0. The van der Waals surface area contributed by atoms with Gasteiger partial charge in [0.25, 0.3) is 5.56 Å². The van der Waals surface area contributed by atoms with Crippen LogP contribution in [-0.2, 0) is 36.3 Å². The van der Waals surface area contributed by atoms with Crippen molar-refractivity contribution in [2.24, 2.45) is 0 Å². The third-order valence-electron chi connectivity index (χ3n) is 5.97. The number of phosphoric ester groups is 1. The number of ether oxygens (including phenoxy) is 2. The Morgan fingerprint density at radius 1 is 1.20 bits per heavy atom. The van der Waals surface area contributed by atoms with Crippen molar-refractivity contribution in [3.63, 3.8) is 0 Å². The van der Waals surface area contributed by atoms with Gasteiger partial charge in [-0.15, -0.1) is 0 Å². The quantitative estimate of drug-likeness (QED) is 0.0789. The van der Waals surface area contributed by atoms with E-state index in [0.29, 0.717) is 5.56 Å². The van der Waals surface area contributed by atoms with E-state index in [1.165, 1.54) is 10.9 Å². The zero-order valence-electron chi connectivity index (χ0n) is 23.3. The van der Waals surface area contributed by atoms with Crippen molar-refractivity contribution in [3.05, 3.63) is 52.1 Å². The largest absolute Gasteiger partial charge is 0.490 e. The van der Waals surface area contributed by atoms with Crippen LogP contribution in [0.1, 0.15) is 47.7 Å². The lowest BCUT2D eigenvalue weighted by atomic mass is 10.0. The molecule has 0 bridgehead atoms. The second-order valence-corrected chi connectivity index (χ2v) is 16.6. The van der Waals surface area contributed by atoms with Crippen LogP contribution in [0.4, 0.5) is 5.95 Å². The third kappa shape index (κ3) is 9.48. The van der Waals surface area contributed by atoms with Gasteiger partial charge in [0.05, 0.1) is 18.5 Å². The van der Waals surface area contributed by atoms with Gasteiger partial charge >= 0.3 is 29.4 Å². The molecule has 4 unspecified atom stereocenters. The number of H-pyrrole nitrogens is 1. The molecule has 3 heterocycles. The number of benzene rings is 1. The number of phosphoric acid groups is 3. The number of esters is 1. The summed E-state index contributed by atoms with van der Waals surface area (Å²) < 4.78 is 60.3. The van der Waals surface area contributed by atoms with Gasteiger partial charge in [-0.2, -0.15) is 13.6 Å². The Hall–Kier alpha value is -2.09. The molecule has 0 aliphatic carbocycles. The Morgan fingerprint density at radius 3 is 2.60 bits per heavy atom. The first-order valence-corrected chi connectivity index (χ1v) is 19.6. The van der Waals surface area contributed by atoms with Crippen molar-refractivity contribution in [1.82, 2.24) is 19.5 Å². The summed E-state index contributed by atoms with van der Waals surface area (Å²) in [5.41, 5.74) is 5.91. The molecule has 0 radical (unpaired) electrons. The van der Waals surface area contributed by atoms with Crippen molar-refractivity contribution >= 4 is 68.1 Å². The van der Waals surface area contributed by atoms with E-state index < -0.39 is 60.0 Å². The van der Waals surface area contributed by atoms with Crippen LogP contribution in [0.25, 0.3) is 11.2 Å². The summed E-state index contributed by atoms with van der Waals surface area (Å²) in [7, 11) is -13.8. The number of rotatable bonds is 14. The van der Waals surface area contributed by atoms with E-state index in [1.54, 1.807) is 45.9 Å². The number of fused-ring (bicyclic) bond motifs is 1. The lowest BCUT2D eigenvalue weighted by Crippen LogP contribution is -2.31. The van der Waals surface area contributed by atoms with Gasteiger partial charge in [0.15, 0.2) is 11.2 Å². The molecule has 6 atom stereocenters. The van der Waals surface area contributed by atoms with Crippen LogP contribution in [0, 0.1) is 0 Å². The van der Waals surface area contributed by atoms with Crippen LogP contribution >= 0.6 is 45.1 Å². The van der Waals surface area contributed by atoms with Gasteiger partial charge in [-0.3, -0.25) is 18.9 Å². The number of anilines is 1. The molecule has 1 aliphatic rings. The summed E-state index contributed by atoms with van der Waals surface area (Å²) in [6.07, 6.45) is -2.46. The number of nitrogens with two attached hydrogens (primary N) is 1. The van der Waals surface area contributed by atoms with Crippen LogP contribution in [0.5, 0.6) is 0 Å². The fraction of sp³-hybridized carbons (Fsp3) is 0.429. The van der Waals surface area contributed by atoms with E-state index in [9.17, 15) is 33.1 Å². The highest BCUT2D eigenvalue weighted by Gasteiger charge is 2.44. The molecule has 24 heteroatoms. The van der Waals surface area contributed by atoms with Crippen LogP contribution in [0.3, 0.4) is 0 Å². The maximum absolute atomic E-state index is 13.4. The van der Waals surface area contributed by atoms with Gasteiger partial charge in [0.1, 0.15) is 18.4 Å². The molecule has 7 N–H and O–H groups in total. The number of nitrogen functional groups attached to an aromatic ring is 1. The molecule has 248 valence electrons. The summed E-state index contributed by atoms with van der Waals surface area (Å²) in [5, 5.41) is -0.0979. The summed E-state index contributed by atoms with van der Waals surface area (Å²) in [5.74, 6) is -0.134. The number of aromatic nitrogens is 4. The smallest absolute Gasteiger partial charge is 0.456 e. The number of aromatic amines is 1. The van der Waals surface area contributed by atoms with Gasteiger partial charge in [-0.05, 0) is 18.6 Å². The van der Waals surface area contributed by atoms with Crippen LogP contribution in [0.2, 0.25) is 0 Å². The van der Waals surface area contributed by atoms with E-state index in [0.717, 1.165) is 5.75 Å². The fourth-order valence-corrected chi connectivity index (χ4v) is 9.24. The molecule has 45 heavy (non-hydrogen) atoms. The van der Waals surface area contributed by atoms with Crippen molar-refractivity contribution < 1.29 is 60.7 Å². The SMILES string of the molecule is CCSSC(C)c1ccccc1C(=O)O[C@@H]1C[C@H](n2cnc3c(=O)[nH]c(N)nc32)OC1COP(=O)(O)OP(=O)(O)OP(=O)(O)O. The number of nitrogens with one attached hydrogen (secondary N) is 1. The number of carbonyl (C=O) groups is 1. The molecule has 0 saturated carbocycles. The van der Waals surface area contributed by atoms with Crippen molar-refractivity contribution in [2.45, 2.75) is 44.0 Å². The Balaban J connectivity index is 1.59. The monoisotopic (exact) mass is 731 g/mol. The Kier molecular flexibility index (Phi) is 11.4. The molecular formula is C21H28N5O14P3S2. The average molecular weight is 732 g/mol. The molecular weight excluding hydrogens is 703 g/mol. The molecule has 2 aromatic heterocycles. The summed E-state index contributed by atoms with van der Waals surface area (Å²) >= 11 is 0. The highest BCUT2D eigenvalue weighted by Crippen LogP contribution is 2.66. The minimum atomic E-state index is -5.78. The summed E-state index contributed by atoms with van der Waals surface area (Å²) in [6.45, 7) is 3.01. The topological polar surface area (TPSA) is 285 Å². The maximum atomic E-state index is 13.4. The Morgan fingerprint density at radius 2 is 1.91 bits per heavy atom. The van der Waals surface area contributed by atoms with Gasteiger partial charge in [0.2, 0.25) is 5.95 Å². The molecule has 1 saturated heterocycles. The molecule has 0 spiro atoms. The molecule has 3 aromatic rings. The number of hydrogen-bond acceptors (Lipinski definition) is 15. The number of imidazole rings is 1. The van der Waals surface area contributed by atoms with Crippen LogP contribution in [0.15, 0.2) is 35.4 Å². The third-order valence-corrected chi connectivity index (χ3v) is 12.7. The first kappa shape index (κ1) is 35.8. The number of carbonyl (C=O) groups excluding carboxylic acids is 1. The predicted octanol–water partition coefficient (Wildman–Crippen LogP) is 3.02. The number of nitrogens with zero attached hydrogens (tertiary/aromatic N) is 3. The summed E-state index contributed by atoms with van der Waals surface area (Å²) in [6, 6.07) is 6.76. The highest BCUT2D eigenvalue weighted by molar-refractivity contribution is 8.76. The Labute approximate surface area is 262 Å². The van der Waals surface area contributed by atoms with E-state index in [4.69, 9.17) is 29.5 Å². The van der Waals surface area contributed by atoms with Gasteiger partial charge in [-0.1, -0.05) is 46.7 Å². The van der Waals surface area contributed by atoms with Crippen molar-refractivity contribution in [3.8, 4) is 0 Å². The van der Waals surface area contributed by atoms with Crippen molar-refractivity contribution in [2.75, 3.05) is 18.1 Å². The lowest BCUT2D eigenvalue weighted by Gasteiger charge is -2.22. The van der Waals surface area contributed by atoms with Gasteiger partial charge < -0.3 is 34.8 Å².